The fraction of sp³-hybridized carbons (Fsp3) is 0.182. The summed E-state index contributed by atoms with van der Waals surface area (Å²) in [5.41, 5.74) is 0.439. The number of aromatic nitrogens is 2. The topological polar surface area (TPSA) is 68.0 Å². The summed E-state index contributed by atoms with van der Waals surface area (Å²) in [5, 5.41) is 3.67. The van der Waals surface area contributed by atoms with Gasteiger partial charge in [-0.25, -0.2) is 9.97 Å². The molecule has 2 aromatic rings. The first-order chi connectivity index (χ1) is 8.33. The lowest BCUT2D eigenvalue weighted by molar-refractivity contribution is 0.112. The van der Waals surface area contributed by atoms with Crippen molar-refractivity contribution in [3.8, 4) is 0 Å². The van der Waals surface area contributed by atoms with Gasteiger partial charge in [0, 0.05) is 6.20 Å². The van der Waals surface area contributed by atoms with Gasteiger partial charge in [0.2, 0.25) is 0 Å². The molecule has 2 heterocycles. The number of carbonyl (C=O) groups is 1. The van der Waals surface area contributed by atoms with Crippen molar-refractivity contribution in [2.45, 2.75) is 11.7 Å². The number of rotatable bonds is 5. The predicted molar refractivity (Wildman–Crippen MR) is 65.2 cm³/mol. The van der Waals surface area contributed by atoms with E-state index < -0.39 is 0 Å². The Labute approximate surface area is 103 Å². The highest BCUT2D eigenvalue weighted by molar-refractivity contribution is 7.98. The number of furan rings is 1. The number of aldehydes is 1. The molecule has 6 heteroatoms. The molecule has 0 amide bonds. The number of thioether (sulfide) groups is 1. The zero-order valence-corrected chi connectivity index (χ0v) is 10.0. The summed E-state index contributed by atoms with van der Waals surface area (Å²) in [7, 11) is 0. The van der Waals surface area contributed by atoms with Crippen LogP contribution in [0.15, 0.2) is 34.2 Å². The van der Waals surface area contributed by atoms with E-state index in [1.165, 1.54) is 18.0 Å². The smallest absolute Gasteiger partial charge is 0.189 e. The third-order valence-corrected chi connectivity index (χ3v) is 2.68. The van der Waals surface area contributed by atoms with Gasteiger partial charge in [-0.2, -0.15) is 0 Å². The van der Waals surface area contributed by atoms with Crippen molar-refractivity contribution in [2.24, 2.45) is 0 Å². The number of nitrogens with one attached hydrogen (secondary N) is 1. The average Bonchev–Trinajstić information content (AvgIpc) is 2.89. The summed E-state index contributed by atoms with van der Waals surface area (Å²) in [6.45, 7) is 0.485. The highest BCUT2D eigenvalue weighted by Crippen LogP contribution is 2.16. The second-order valence-corrected chi connectivity index (χ2v) is 3.98. The van der Waals surface area contributed by atoms with Crippen LogP contribution in [0.5, 0.6) is 0 Å². The first-order valence-corrected chi connectivity index (χ1v) is 6.18. The molecule has 0 aliphatic carbocycles. The minimum Gasteiger partial charge on any atom is -0.467 e. The van der Waals surface area contributed by atoms with E-state index in [0.717, 1.165) is 12.0 Å². The monoisotopic (exact) mass is 249 g/mol. The third kappa shape index (κ3) is 2.85. The number of hydrogen-bond donors (Lipinski definition) is 1. The standard InChI is InChI=1S/C11H11N3O2S/c1-17-11-13-5-8(7-15)10(14-11)12-6-9-3-2-4-16-9/h2-5,7H,6H2,1H3,(H,12,13,14). The van der Waals surface area contributed by atoms with Gasteiger partial charge in [0.25, 0.3) is 0 Å². The molecule has 0 aliphatic heterocycles. The van der Waals surface area contributed by atoms with Gasteiger partial charge in [0.1, 0.15) is 11.6 Å². The average molecular weight is 249 g/mol. The van der Waals surface area contributed by atoms with Crippen LogP contribution in [-0.2, 0) is 6.54 Å². The Morgan fingerprint density at radius 1 is 1.59 bits per heavy atom. The Morgan fingerprint density at radius 3 is 3.12 bits per heavy atom. The number of anilines is 1. The Hall–Kier alpha value is -1.82. The summed E-state index contributed by atoms with van der Waals surface area (Å²) < 4.78 is 5.19. The van der Waals surface area contributed by atoms with Crippen LogP contribution in [0.3, 0.4) is 0 Å². The molecular formula is C11H11N3O2S. The second kappa shape index (κ2) is 5.49. The van der Waals surface area contributed by atoms with Crippen LogP contribution in [0.25, 0.3) is 0 Å². The predicted octanol–water partition coefficient (Wildman–Crippen LogP) is 2.22. The molecule has 0 bridgehead atoms. The molecule has 1 N–H and O–H groups in total. The molecular weight excluding hydrogens is 238 g/mol. The second-order valence-electron chi connectivity index (χ2n) is 3.21. The Balaban J connectivity index is 2.15. The van der Waals surface area contributed by atoms with E-state index in [1.54, 1.807) is 6.26 Å². The zero-order chi connectivity index (χ0) is 12.1. The Bertz CT molecular complexity index is 499. The van der Waals surface area contributed by atoms with Gasteiger partial charge in [-0.15, -0.1) is 0 Å². The van der Waals surface area contributed by atoms with Crippen molar-refractivity contribution in [1.82, 2.24) is 9.97 Å². The van der Waals surface area contributed by atoms with Crippen molar-refractivity contribution in [2.75, 3.05) is 11.6 Å². The van der Waals surface area contributed by atoms with E-state index in [9.17, 15) is 4.79 Å². The Morgan fingerprint density at radius 2 is 2.47 bits per heavy atom. The summed E-state index contributed by atoms with van der Waals surface area (Å²) in [4.78, 5) is 19.1. The highest BCUT2D eigenvalue weighted by atomic mass is 32.2. The molecule has 0 unspecified atom stereocenters. The van der Waals surface area contributed by atoms with Crippen molar-refractivity contribution >= 4 is 23.9 Å². The lowest BCUT2D eigenvalue weighted by Crippen LogP contribution is -2.05. The van der Waals surface area contributed by atoms with Gasteiger partial charge < -0.3 is 9.73 Å². The minimum atomic E-state index is 0.439. The van der Waals surface area contributed by atoms with Gasteiger partial charge in [-0.05, 0) is 18.4 Å². The summed E-state index contributed by atoms with van der Waals surface area (Å²) >= 11 is 1.42. The molecule has 0 fully saturated rings. The third-order valence-electron chi connectivity index (χ3n) is 2.11. The molecule has 0 spiro atoms. The zero-order valence-electron chi connectivity index (χ0n) is 9.21. The molecule has 17 heavy (non-hydrogen) atoms. The van der Waals surface area contributed by atoms with Crippen LogP contribution in [-0.4, -0.2) is 22.5 Å². The normalized spacial score (nSPS) is 10.2. The number of carbonyl (C=O) groups excluding carboxylic acids is 1. The van der Waals surface area contributed by atoms with Crippen LogP contribution >= 0.6 is 11.8 Å². The molecule has 2 aromatic heterocycles. The van der Waals surface area contributed by atoms with E-state index >= 15 is 0 Å². The molecule has 0 aromatic carbocycles. The maximum absolute atomic E-state index is 10.8. The Kier molecular flexibility index (Phi) is 3.77. The van der Waals surface area contributed by atoms with Crippen LogP contribution in [0.4, 0.5) is 5.82 Å². The van der Waals surface area contributed by atoms with Gasteiger partial charge >= 0.3 is 0 Å². The van der Waals surface area contributed by atoms with Gasteiger partial charge in [-0.3, -0.25) is 4.79 Å². The van der Waals surface area contributed by atoms with Crippen LogP contribution in [0, 0.1) is 0 Å². The maximum Gasteiger partial charge on any atom is 0.189 e. The summed E-state index contributed by atoms with van der Waals surface area (Å²) in [5.74, 6) is 1.31. The van der Waals surface area contributed by atoms with Crippen molar-refractivity contribution in [3.05, 3.63) is 35.9 Å². The SMILES string of the molecule is CSc1ncc(C=O)c(NCc2ccco2)n1. The quantitative estimate of drug-likeness (QED) is 0.498. The fourth-order valence-corrected chi connectivity index (χ4v) is 1.63. The van der Waals surface area contributed by atoms with Gasteiger partial charge in [-0.1, -0.05) is 11.8 Å². The lowest BCUT2D eigenvalue weighted by Gasteiger charge is -2.06. The maximum atomic E-state index is 10.8. The minimum absolute atomic E-state index is 0.439. The van der Waals surface area contributed by atoms with E-state index in [-0.39, 0.29) is 0 Å². The molecule has 5 nitrogen and oxygen atoms in total. The van der Waals surface area contributed by atoms with Crippen molar-refractivity contribution in [3.63, 3.8) is 0 Å². The fourth-order valence-electron chi connectivity index (χ4n) is 1.29. The van der Waals surface area contributed by atoms with E-state index in [2.05, 4.69) is 15.3 Å². The van der Waals surface area contributed by atoms with Crippen molar-refractivity contribution in [1.29, 1.82) is 0 Å². The van der Waals surface area contributed by atoms with E-state index in [1.807, 2.05) is 18.4 Å². The molecule has 0 atom stereocenters. The van der Waals surface area contributed by atoms with E-state index in [0.29, 0.717) is 23.1 Å². The van der Waals surface area contributed by atoms with Crippen LogP contribution < -0.4 is 5.32 Å². The molecule has 0 saturated carbocycles. The van der Waals surface area contributed by atoms with Crippen LogP contribution in [0.1, 0.15) is 16.1 Å². The van der Waals surface area contributed by atoms with Gasteiger partial charge in [0.15, 0.2) is 11.4 Å². The van der Waals surface area contributed by atoms with Crippen LogP contribution in [0.2, 0.25) is 0 Å². The molecule has 0 saturated heterocycles. The summed E-state index contributed by atoms with van der Waals surface area (Å²) in [6, 6.07) is 3.66. The van der Waals surface area contributed by atoms with Gasteiger partial charge in [0.05, 0.1) is 18.4 Å². The first kappa shape index (κ1) is 11.7. The van der Waals surface area contributed by atoms with E-state index in [4.69, 9.17) is 4.42 Å². The molecule has 2 rings (SSSR count). The van der Waals surface area contributed by atoms with Crippen molar-refractivity contribution < 1.29 is 9.21 Å². The molecule has 0 aliphatic rings. The lowest BCUT2D eigenvalue weighted by atomic mass is 10.3. The number of nitrogens with zero attached hydrogens (tertiary/aromatic N) is 2. The molecule has 88 valence electrons. The highest BCUT2D eigenvalue weighted by Gasteiger charge is 2.06. The molecule has 0 radical (unpaired) electrons. The first-order valence-electron chi connectivity index (χ1n) is 4.96. The largest absolute Gasteiger partial charge is 0.467 e. The summed E-state index contributed by atoms with van der Waals surface area (Å²) in [6.07, 6.45) is 5.72. The number of hydrogen-bond acceptors (Lipinski definition) is 6.